The van der Waals surface area contributed by atoms with Crippen molar-refractivity contribution in [2.75, 3.05) is 27.2 Å². The molecule has 0 saturated carbocycles. The molecule has 0 spiro atoms. The van der Waals surface area contributed by atoms with Crippen LogP contribution in [0.4, 0.5) is 4.39 Å². The summed E-state index contributed by atoms with van der Waals surface area (Å²) in [5, 5.41) is 12.4. The first-order valence-corrected chi connectivity index (χ1v) is 5.78. The molecule has 0 fully saturated rings. The maximum absolute atomic E-state index is 13.1. The minimum atomic E-state index is -1.26. The Morgan fingerprint density at radius 2 is 2.17 bits per heavy atom. The third-order valence-corrected chi connectivity index (χ3v) is 2.60. The zero-order chi connectivity index (χ0) is 13.7. The second-order valence-electron chi connectivity index (χ2n) is 4.51. The zero-order valence-corrected chi connectivity index (χ0v) is 10.9. The van der Waals surface area contributed by atoms with Crippen molar-refractivity contribution < 1.29 is 14.3 Å². The highest BCUT2D eigenvalue weighted by Crippen LogP contribution is 2.16. The van der Waals surface area contributed by atoms with Crippen molar-refractivity contribution in [3.8, 4) is 0 Å². The Bertz CT molecular complexity index is 421. The molecule has 0 bridgehead atoms. The second kappa shape index (κ2) is 6.47. The van der Waals surface area contributed by atoms with Crippen LogP contribution in [0.15, 0.2) is 18.2 Å². The fourth-order valence-electron chi connectivity index (χ4n) is 1.49. The van der Waals surface area contributed by atoms with Gasteiger partial charge in [0.25, 0.3) is 5.91 Å². The van der Waals surface area contributed by atoms with E-state index in [1.807, 2.05) is 19.0 Å². The Morgan fingerprint density at radius 1 is 1.50 bits per heavy atom. The molecule has 2 N–H and O–H groups in total. The van der Waals surface area contributed by atoms with Crippen molar-refractivity contribution in [2.24, 2.45) is 0 Å². The molecule has 1 aromatic rings. The maximum atomic E-state index is 13.1. The molecule has 0 aliphatic carbocycles. The highest BCUT2D eigenvalue weighted by Gasteiger charge is 2.17. The van der Waals surface area contributed by atoms with Crippen molar-refractivity contribution in [3.63, 3.8) is 0 Å². The van der Waals surface area contributed by atoms with E-state index < -0.39 is 12.0 Å². The standard InChI is InChI=1S/C13H19FN2O2/c1-9-8-10(4-5-11(9)14)12(17)13(18)15-6-7-16(2)3/h4-5,8,12,17H,6-7H2,1-3H3,(H,15,18). The minimum absolute atomic E-state index is 0.348. The van der Waals surface area contributed by atoms with Gasteiger partial charge in [0.05, 0.1) is 0 Å². The molecule has 1 aromatic carbocycles. The third-order valence-electron chi connectivity index (χ3n) is 2.60. The number of amides is 1. The number of aliphatic hydroxyl groups is 1. The Hall–Kier alpha value is -1.46. The van der Waals surface area contributed by atoms with Crippen molar-refractivity contribution in [1.29, 1.82) is 0 Å². The maximum Gasteiger partial charge on any atom is 0.253 e. The number of carbonyl (C=O) groups is 1. The molecule has 0 heterocycles. The molecule has 0 aliphatic rings. The molecule has 5 heteroatoms. The van der Waals surface area contributed by atoms with Gasteiger partial charge in [-0.1, -0.05) is 12.1 Å². The minimum Gasteiger partial charge on any atom is -0.378 e. The van der Waals surface area contributed by atoms with E-state index in [0.717, 1.165) is 0 Å². The number of rotatable bonds is 5. The average Bonchev–Trinajstić information content (AvgIpc) is 2.31. The number of aliphatic hydroxyl groups excluding tert-OH is 1. The summed E-state index contributed by atoms with van der Waals surface area (Å²) in [7, 11) is 3.79. The lowest BCUT2D eigenvalue weighted by molar-refractivity contribution is -0.129. The van der Waals surface area contributed by atoms with Crippen LogP contribution in [0.3, 0.4) is 0 Å². The molecule has 1 atom stereocenters. The number of hydrogen-bond donors (Lipinski definition) is 2. The fourth-order valence-corrected chi connectivity index (χ4v) is 1.49. The van der Waals surface area contributed by atoms with Crippen LogP contribution < -0.4 is 5.32 Å². The van der Waals surface area contributed by atoms with Gasteiger partial charge in [-0.25, -0.2) is 4.39 Å². The monoisotopic (exact) mass is 254 g/mol. The fraction of sp³-hybridized carbons (Fsp3) is 0.462. The molecule has 0 radical (unpaired) electrons. The van der Waals surface area contributed by atoms with Gasteiger partial charge in [-0.05, 0) is 38.2 Å². The Kier molecular flexibility index (Phi) is 5.25. The largest absolute Gasteiger partial charge is 0.378 e. The Morgan fingerprint density at radius 3 is 2.72 bits per heavy atom. The SMILES string of the molecule is Cc1cc(C(O)C(=O)NCCN(C)C)ccc1F. The van der Waals surface area contributed by atoms with Crippen LogP contribution in [0.1, 0.15) is 17.2 Å². The molecule has 1 rings (SSSR count). The lowest BCUT2D eigenvalue weighted by Gasteiger charge is -2.14. The van der Waals surface area contributed by atoms with Gasteiger partial charge >= 0.3 is 0 Å². The summed E-state index contributed by atoms with van der Waals surface area (Å²) in [4.78, 5) is 13.6. The highest BCUT2D eigenvalue weighted by atomic mass is 19.1. The summed E-state index contributed by atoms with van der Waals surface area (Å²) in [6.07, 6.45) is -1.26. The average molecular weight is 254 g/mol. The number of likely N-dealkylation sites (N-methyl/N-ethyl adjacent to an activating group) is 1. The molecule has 4 nitrogen and oxygen atoms in total. The van der Waals surface area contributed by atoms with Gasteiger partial charge in [0.2, 0.25) is 0 Å². The second-order valence-corrected chi connectivity index (χ2v) is 4.51. The first-order valence-electron chi connectivity index (χ1n) is 5.78. The van der Waals surface area contributed by atoms with E-state index in [1.165, 1.54) is 18.2 Å². The predicted molar refractivity (Wildman–Crippen MR) is 67.7 cm³/mol. The number of halogens is 1. The summed E-state index contributed by atoms with van der Waals surface area (Å²) < 4.78 is 13.1. The molecule has 1 amide bonds. The number of benzene rings is 1. The van der Waals surface area contributed by atoms with Crippen LogP contribution in [0.25, 0.3) is 0 Å². The van der Waals surface area contributed by atoms with Gasteiger partial charge in [0, 0.05) is 13.1 Å². The quantitative estimate of drug-likeness (QED) is 0.819. The normalized spacial score (nSPS) is 12.6. The van der Waals surface area contributed by atoms with E-state index in [9.17, 15) is 14.3 Å². The lowest BCUT2D eigenvalue weighted by atomic mass is 10.1. The van der Waals surface area contributed by atoms with E-state index >= 15 is 0 Å². The first-order chi connectivity index (χ1) is 8.41. The van der Waals surface area contributed by atoms with Gasteiger partial charge in [-0.3, -0.25) is 4.79 Å². The number of nitrogens with one attached hydrogen (secondary N) is 1. The summed E-state index contributed by atoms with van der Waals surface area (Å²) in [5.41, 5.74) is 0.809. The molecular formula is C13H19FN2O2. The van der Waals surface area contributed by atoms with Gasteiger partial charge < -0.3 is 15.3 Å². The van der Waals surface area contributed by atoms with Crippen molar-refractivity contribution in [1.82, 2.24) is 10.2 Å². The number of carbonyl (C=O) groups excluding carboxylic acids is 1. The smallest absolute Gasteiger partial charge is 0.253 e. The van der Waals surface area contributed by atoms with Crippen LogP contribution in [-0.4, -0.2) is 43.1 Å². The summed E-state index contributed by atoms with van der Waals surface area (Å²) in [6, 6.07) is 4.14. The van der Waals surface area contributed by atoms with Crippen LogP contribution in [0.5, 0.6) is 0 Å². The van der Waals surface area contributed by atoms with Gasteiger partial charge in [0.15, 0.2) is 6.10 Å². The molecule has 100 valence electrons. The van der Waals surface area contributed by atoms with E-state index in [4.69, 9.17) is 0 Å². The van der Waals surface area contributed by atoms with Crippen LogP contribution in [0, 0.1) is 12.7 Å². The highest BCUT2D eigenvalue weighted by molar-refractivity contribution is 5.81. The Labute approximate surface area is 106 Å². The van der Waals surface area contributed by atoms with Gasteiger partial charge in [-0.15, -0.1) is 0 Å². The predicted octanol–water partition coefficient (Wildman–Crippen LogP) is 0.845. The molecule has 0 aromatic heterocycles. The Balaban J connectivity index is 2.60. The number of nitrogens with zero attached hydrogens (tertiary/aromatic N) is 1. The van der Waals surface area contributed by atoms with Crippen molar-refractivity contribution in [3.05, 3.63) is 35.1 Å². The van der Waals surface area contributed by atoms with E-state index in [1.54, 1.807) is 6.92 Å². The number of aryl methyl sites for hydroxylation is 1. The van der Waals surface area contributed by atoms with Crippen LogP contribution in [0.2, 0.25) is 0 Å². The zero-order valence-electron chi connectivity index (χ0n) is 10.9. The van der Waals surface area contributed by atoms with E-state index in [0.29, 0.717) is 24.2 Å². The third kappa shape index (κ3) is 4.09. The molecule has 18 heavy (non-hydrogen) atoms. The first kappa shape index (κ1) is 14.6. The van der Waals surface area contributed by atoms with Gasteiger partial charge in [0.1, 0.15) is 5.82 Å². The molecule has 1 unspecified atom stereocenters. The van der Waals surface area contributed by atoms with Gasteiger partial charge in [-0.2, -0.15) is 0 Å². The molecular weight excluding hydrogens is 235 g/mol. The molecule has 0 aliphatic heterocycles. The molecule has 0 saturated heterocycles. The topological polar surface area (TPSA) is 52.6 Å². The lowest BCUT2D eigenvalue weighted by Crippen LogP contribution is -2.34. The number of hydrogen-bond acceptors (Lipinski definition) is 3. The van der Waals surface area contributed by atoms with Crippen molar-refractivity contribution >= 4 is 5.91 Å². The van der Waals surface area contributed by atoms with Crippen molar-refractivity contribution in [2.45, 2.75) is 13.0 Å². The summed E-state index contributed by atoms with van der Waals surface area (Å²) in [5.74, 6) is -0.818. The summed E-state index contributed by atoms with van der Waals surface area (Å²) in [6.45, 7) is 2.75. The van der Waals surface area contributed by atoms with Crippen LogP contribution >= 0.6 is 0 Å². The van der Waals surface area contributed by atoms with E-state index in [2.05, 4.69) is 5.32 Å². The summed E-state index contributed by atoms with van der Waals surface area (Å²) >= 11 is 0. The van der Waals surface area contributed by atoms with Crippen LogP contribution in [-0.2, 0) is 4.79 Å². The van der Waals surface area contributed by atoms with E-state index in [-0.39, 0.29) is 5.82 Å².